The fourth-order valence-electron chi connectivity index (χ4n) is 3.72. The van der Waals surface area contributed by atoms with E-state index in [1.54, 1.807) is 0 Å². The first-order chi connectivity index (χ1) is 13.3. The lowest BCUT2D eigenvalue weighted by Gasteiger charge is -2.26. The van der Waals surface area contributed by atoms with Gasteiger partial charge in [0.2, 0.25) is 0 Å². The largest absolute Gasteiger partial charge is 0.492 e. The van der Waals surface area contributed by atoms with Crippen LogP contribution in [0, 0.1) is 0 Å². The first-order valence-electron chi connectivity index (χ1n) is 9.83. The van der Waals surface area contributed by atoms with E-state index in [1.807, 2.05) is 12.1 Å². The van der Waals surface area contributed by atoms with E-state index in [2.05, 4.69) is 14.9 Å². The van der Waals surface area contributed by atoms with Gasteiger partial charge in [-0.1, -0.05) is 18.0 Å². The van der Waals surface area contributed by atoms with E-state index in [4.69, 9.17) is 25.8 Å². The number of aromatic nitrogens is 2. The van der Waals surface area contributed by atoms with Gasteiger partial charge in [0.25, 0.3) is 0 Å². The molecule has 0 spiro atoms. The summed E-state index contributed by atoms with van der Waals surface area (Å²) in [5.74, 6) is 1.45. The van der Waals surface area contributed by atoms with Crippen LogP contribution in [0.4, 0.5) is 0 Å². The highest BCUT2D eigenvalue weighted by Gasteiger charge is 2.19. The van der Waals surface area contributed by atoms with Crippen LogP contribution < -0.4 is 9.47 Å². The molecule has 0 radical (unpaired) electrons. The van der Waals surface area contributed by atoms with Crippen LogP contribution in [0.3, 0.4) is 0 Å². The summed E-state index contributed by atoms with van der Waals surface area (Å²) in [6.07, 6.45) is 7.24. The van der Waals surface area contributed by atoms with Crippen LogP contribution in [0.5, 0.6) is 11.5 Å². The van der Waals surface area contributed by atoms with Gasteiger partial charge in [0.05, 0.1) is 24.1 Å². The van der Waals surface area contributed by atoms with Crippen LogP contribution in [0.25, 0.3) is 10.9 Å². The van der Waals surface area contributed by atoms with E-state index >= 15 is 0 Å². The van der Waals surface area contributed by atoms with Gasteiger partial charge in [0.15, 0.2) is 0 Å². The summed E-state index contributed by atoms with van der Waals surface area (Å²) in [6.45, 7) is 5.38. The Morgan fingerprint density at radius 3 is 2.74 bits per heavy atom. The fourth-order valence-corrected chi connectivity index (χ4v) is 3.95. The average molecular weight is 392 g/mol. The molecule has 0 saturated carbocycles. The molecule has 2 aliphatic heterocycles. The summed E-state index contributed by atoms with van der Waals surface area (Å²) in [4.78, 5) is 10.9. The molecule has 4 rings (SSSR count). The van der Waals surface area contributed by atoms with Crippen LogP contribution in [0.1, 0.15) is 32.1 Å². The molecule has 2 aromatic rings. The number of rotatable bonds is 6. The first-order valence-corrected chi connectivity index (χ1v) is 10.2. The number of nitrogens with zero attached hydrogens (tertiary/aromatic N) is 3. The van der Waals surface area contributed by atoms with Gasteiger partial charge < -0.3 is 14.2 Å². The number of hydrogen-bond donors (Lipinski definition) is 0. The van der Waals surface area contributed by atoms with Crippen molar-refractivity contribution in [3.63, 3.8) is 0 Å². The number of likely N-dealkylation sites (tertiary alicyclic amines) is 1. The van der Waals surface area contributed by atoms with Gasteiger partial charge in [-0.05, 0) is 25.9 Å². The zero-order valence-corrected chi connectivity index (χ0v) is 16.3. The summed E-state index contributed by atoms with van der Waals surface area (Å²) >= 11 is 6.33. The van der Waals surface area contributed by atoms with Crippen molar-refractivity contribution in [2.75, 3.05) is 39.5 Å². The van der Waals surface area contributed by atoms with E-state index in [1.165, 1.54) is 38.7 Å². The number of hydrogen-bond acceptors (Lipinski definition) is 6. The van der Waals surface area contributed by atoms with Crippen LogP contribution >= 0.6 is 11.6 Å². The molecule has 0 bridgehead atoms. The molecule has 1 aromatic heterocycles. The van der Waals surface area contributed by atoms with Crippen molar-refractivity contribution in [2.45, 2.75) is 38.2 Å². The zero-order chi connectivity index (χ0) is 18.5. The monoisotopic (exact) mass is 391 g/mol. The Bertz CT molecular complexity index is 761. The Morgan fingerprint density at radius 2 is 1.93 bits per heavy atom. The van der Waals surface area contributed by atoms with Gasteiger partial charge in [0, 0.05) is 31.5 Å². The van der Waals surface area contributed by atoms with Crippen molar-refractivity contribution >= 4 is 22.5 Å². The highest BCUT2D eigenvalue weighted by atomic mass is 35.5. The van der Waals surface area contributed by atoms with Crippen molar-refractivity contribution in [1.82, 2.24) is 14.9 Å². The van der Waals surface area contributed by atoms with Crippen molar-refractivity contribution in [3.8, 4) is 11.5 Å². The lowest BCUT2D eigenvalue weighted by atomic mass is 10.1. The molecule has 2 aliphatic rings. The number of fused-ring (bicyclic) bond motifs is 1. The second-order valence-electron chi connectivity index (χ2n) is 7.16. The SMILES string of the molecule is Clc1ncnc2cc(OCCN3CCCCC3)cc(OC3CCOCC3)c12. The quantitative estimate of drug-likeness (QED) is 0.700. The van der Waals surface area contributed by atoms with Gasteiger partial charge in [-0.3, -0.25) is 4.90 Å². The van der Waals surface area contributed by atoms with Gasteiger partial charge in [0.1, 0.15) is 35.7 Å². The Morgan fingerprint density at radius 1 is 1.11 bits per heavy atom. The third kappa shape index (κ3) is 4.81. The fraction of sp³-hybridized carbons (Fsp3) is 0.600. The maximum atomic E-state index is 6.33. The minimum atomic E-state index is 0.113. The van der Waals surface area contributed by atoms with Crippen molar-refractivity contribution in [1.29, 1.82) is 0 Å². The number of piperidine rings is 1. The van der Waals surface area contributed by atoms with E-state index < -0.39 is 0 Å². The third-order valence-electron chi connectivity index (χ3n) is 5.22. The molecule has 0 aliphatic carbocycles. The Kier molecular flexibility index (Phi) is 6.27. The molecule has 3 heterocycles. The van der Waals surface area contributed by atoms with Gasteiger partial charge in [-0.25, -0.2) is 9.97 Å². The maximum Gasteiger partial charge on any atom is 0.144 e. The predicted molar refractivity (Wildman–Crippen MR) is 105 cm³/mol. The summed E-state index contributed by atoms with van der Waals surface area (Å²) in [7, 11) is 0. The molecular weight excluding hydrogens is 366 g/mol. The predicted octanol–water partition coefficient (Wildman–Crippen LogP) is 3.71. The molecule has 27 heavy (non-hydrogen) atoms. The molecule has 0 amide bonds. The molecule has 7 heteroatoms. The Labute approximate surface area is 164 Å². The first kappa shape index (κ1) is 18.7. The summed E-state index contributed by atoms with van der Waals surface area (Å²) < 4.78 is 17.7. The second kappa shape index (κ2) is 9.04. The van der Waals surface area contributed by atoms with E-state index in [-0.39, 0.29) is 6.10 Å². The maximum absolute atomic E-state index is 6.33. The minimum Gasteiger partial charge on any atom is -0.492 e. The van der Waals surface area contributed by atoms with Crippen molar-refractivity contribution in [2.24, 2.45) is 0 Å². The molecule has 0 unspecified atom stereocenters. The van der Waals surface area contributed by atoms with Crippen molar-refractivity contribution in [3.05, 3.63) is 23.6 Å². The van der Waals surface area contributed by atoms with Crippen LogP contribution in [-0.2, 0) is 4.74 Å². The van der Waals surface area contributed by atoms with Crippen LogP contribution in [0.15, 0.2) is 18.5 Å². The Balaban J connectivity index is 1.50. The molecule has 1 aromatic carbocycles. The smallest absolute Gasteiger partial charge is 0.144 e. The standard InChI is InChI=1S/C20H26ClN3O3/c21-20-19-17(22-14-23-20)12-16(26-11-8-24-6-2-1-3-7-24)13-18(19)27-15-4-9-25-10-5-15/h12-15H,1-11H2. The van der Waals surface area contributed by atoms with Crippen LogP contribution in [0.2, 0.25) is 5.15 Å². The summed E-state index contributed by atoms with van der Waals surface area (Å²) in [5, 5.41) is 1.15. The topological polar surface area (TPSA) is 56.7 Å². The van der Waals surface area contributed by atoms with Crippen molar-refractivity contribution < 1.29 is 14.2 Å². The molecule has 6 nitrogen and oxygen atoms in total. The van der Waals surface area contributed by atoms with E-state index in [0.29, 0.717) is 17.5 Å². The van der Waals surface area contributed by atoms with E-state index in [0.717, 1.165) is 49.3 Å². The minimum absolute atomic E-state index is 0.113. The normalized spacial score (nSPS) is 19.3. The highest BCUT2D eigenvalue weighted by molar-refractivity contribution is 6.34. The molecule has 0 atom stereocenters. The highest BCUT2D eigenvalue weighted by Crippen LogP contribution is 2.35. The average Bonchev–Trinajstić information content (AvgIpc) is 2.69. The third-order valence-corrected chi connectivity index (χ3v) is 5.50. The Hall–Kier alpha value is -1.63. The second-order valence-corrected chi connectivity index (χ2v) is 7.52. The molecule has 0 N–H and O–H groups in total. The summed E-state index contributed by atoms with van der Waals surface area (Å²) in [5.41, 5.74) is 0.743. The summed E-state index contributed by atoms with van der Waals surface area (Å²) in [6, 6.07) is 3.83. The van der Waals surface area contributed by atoms with Gasteiger partial charge in [-0.2, -0.15) is 0 Å². The molecule has 146 valence electrons. The lowest BCUT2D eigenvalue weighted by molar-refractivity contribution is 0.0261. The van der Waals surface area contributed by atoms with E-state index in [9.17, 15) is 0 Å². The molecule has 2 saturated heterocycles. The molecule has 2 fully saturated rings. The van der Waals surface area contributed by atoms with Crippen LogP contribution in [-0.4, -0.2) is 60.4 Å². The number of ether oxygens (including phenoxy) is 3. The number of halogens is 1. The zero-order valence-electron chi connectivity index (χ0n) is 15.5. The number of benzene rings is 1. The molecular formula is C20H26ClN3O3. The lowest BCUT2D eigenvalue weighted by Crippen LogP contribution is -2.33. The van der Waals surface area contributed by atoms with Gasteiger partial charge >= 0.3 is 0 Å². The van der Waals surface area contributed by atoms with Gasteiger partial charge in [-0.15, -0.1) is 0 Å².